The number of hydrogen-bond donors (Lipinski definition) is 2. The molecular weight excluding hydrogens is 451 g/mol. The number of aromatic nitrogens is 1. The topological polar surface area (TPSA) is 75.8 Å². The third-order valence-corrected chi connectivity index (χ3v) is 6.52. The Labute approximate surface area is 193 Å². The summed E-state index contributed by atoms with van der Waals surface area (Å²) in [5.74, 6) is 0.834. The van der Waals surface area contributed by atoms with Gasteiger partial charge in [0.1, 0.15) is 22.9 Å². The number of halogens is 3. The van der Waals surface area contributed by atoms with Crippen LogP contribution in [0.3, 0.4) is 0 Å². The lowest BCUT2D eigenvalue weighted by molar-refractivity contribution is -0.274. The molecule has 2 aliphatic rings. The lowest BCUT2D eigenvalue weighted by atomic mass is 9.96. The van der Waals surface area contributed by atoms with E-state index in [9.17, 15) is 18.0 Å². The number of benzene rings is 2. The summed E-state index contributed by atoms with van der Waals surface area (Å²) in [7, 11) is 1.59. The number of rotatable bonds is 3. The van der Waals surface area contributed by atoms with Gasteiger partial charge in [-0.3, -0.25) is 10.1 Å². The fourth-order valence-corrected chi connectivity index (χ4v) is 4.71. The largest absolute Gasteiger partial charge is 0.573 e. The number of likely N-dealkylation sites (tertiary alicyclic amines) is 1. The first-order valence-electron chi connectivity index (χ1n) is 11.0. The van der Waals surface area contributed by atoms with E-state index in [1.54, 1.807) is 12.0 Å². The minimum Gasteiger partial charge on any atom is -0.495 e. The van der Waals surface area contributed by atoms with Gasteiger partial charge in [-0.2, -0.15) is 0 Å². The Kier molecular flexibility index (Phi) is 5.35. The number of nitrogens with zero attached hydrogens (tertiary/aromatic N) is 1. The number of amides is 1. The molecule has 2 aliphatic heterocycles. The molecule has 34 heavy (non-hydrogen) atoms. The van der Waals surface area contributed by atoms with E-state index in [0.29, 0.717) is 55.2 Å². The quantitative estimate of drug-likeness (QED) is 0.584. The zero-order chi connectivity index (χ0) is 24.1. The molecule has 0 saturated carbocycles. The van der Waals surface area contributed by atoms with Crippen LogP contribution in [0.2, 0.25) is 0 Å². The molecular formula is C24H24F3N3O4. The van der Waals surface area contributed by atoms with Crippen LogP contribution in [-0.2, 0) is 6.54 Å². The molecule has 1 fully saturated rings. The summed E-state index contributed by atoms with van der Waals surface area (Å²) in [6, 6.07) is 9.76. The van der Waals surface area contributed by atoms with Crippen molar-refractivity contribution in [2.75, 3.05) is 20.2 Å². The smallest absolute Gasteiger partial charge is 0.495 e. The number of fused-ring (bicyclic) bond motifs is 2. The van der Waals surface area contributed by atoms with Gasteiger partial charge in [-0.1, -0.05) is 12.1 Å². The van der Waals surface area contributed by atoms with E-state index < -0.39 is 12.1 Å². The van der Waals surface area contributed by atoms with Crippen molar-refractivity contribution in [2.45, 2.75) is 38.4 Å². The molecule has 2 aromatic carbocycles. The minimum atomic E-state index is -4.74. The molecule has 0 radical (unpaired) electrons. The van der Waals surface area contributed by atoms with E-state index in [2.05, 4.69) is 15.0 Å². The van der Waals surface area contributed by atoms with Crippen LogP contribution < -0.4 is 19.5 Å². The normalized spacial score (nSPS) is 17.4. The molecule has 1 aromatic heterocycles. The van der Waals surface area contributed by atoms with Crippen LogP contribution in [0.15, 0.2) is 36.4 Å². The molecule has 0 atom stereocenters. The van der Waals surface area contributed by atoms with Crippen molar-refractivity contribution in [1.82, 2.24) is 15.2 Å². The zero-order valence-electron chi connectivity index (χ0n) is 18.7. The summed E-state index contributed by atoms with van der Waals surface area (Å²) in [5.41, 5.74) is 2.12. The maximum Gasteiger partial charge on any atom is 0.573 e. The highest BCUT2D eigenvalue weighted by Gasteiger charge is 2.41. The van der Waals surface area contributed by atoms with Crippen molar-refractivity contribution in [3.05, 3.63) is 53.2 Å². The number of methoxy groups -OCH3 is 1. The zero-order valence-corrected chi connectivity index (χ0v) is 18.7. The molecule has 1 amide bonds. The highest BCUT2D eigenvalue weighted by molar-refractivity contribution is 6.02. The first-order chi connectivity index (χ1) is 16.2. The molecule has 1 spiro atoms. The molecule has 0 unspecified atom stereocenters. The molecule has 5 rings (SSSR count). The van der Waals surface area contributed by atoms with Crippen LogP contribution in [0.4, 0.5) is 13.2 Å². The Morgan fingerprint density at radius 2 is 1.94 bits per heavy atom. The maximum absolute atomic E-state index is 13.3. The van der Waals surface area contributed by atoms with Gasteiger partial charge >= 0.3 is 6.36 Å². The second-order valence-electron chi connectivity index (χ2n) is 8.57. The molecule has 180 valence electrons. The predicted molar refractivity (Wildman–Crippen MR) is 118 cm³/mol. The SMILES string of the molecule is COc1cccc2c(C)c(C(=O)N3CCC4(CC3)NCc3cc(OC(F)(F)F)ccc3O4)[nH]c12. The van der Waals surface area contributed by atoms with Crippen LogP contribution in [0, 0.1) is 6.92 Å². The lowest BCUT2D eigenvalue weighted by Gasteiger charge is -2.45. The van der Waals surface area contributed by atoms with E-state index in [1.165, 1.54) is 18.2 Å². The van der Waals surface area contributed by atoms with Crippen LogP contribution >= 0.6 is 0 Å². The number of alkyl halides is 3. The Morgan fingerprint density at radius 1 is 1.18 bits per heavy atom. The van der Waals surface area contributed by atoms with Crippen LogP contribution in [0.25, 0.3) is 10.9 Å². The lowest BCUT2D eigenvalue weighted by Crippen LogP contribution is -2.59. The number of piperidine rings is 1. The number of aromatic amines is 1. The van der Waals surface area contributed by atoms with Gasteiger partial charge in [0.2, 0.25) is 0 Å². The highest BCUT2D eigenvalue weighted by atomic mass is 19.4. The standard InChI is InChI=1S/C24H24F3N3O4/c1-14-17-4-3-5-19(32-2)21(17)29-20(14)22(31)30-10-8-23(9-11-30)28-13-15-12-16(33-24(25,26)27)6-7-18(15)34-23/h3-7,12,28-29H,8-11,13H2,1-2H3. The number of para-hydroxylation sites is 1. The Morgan fingerprint density at radius 3 is 2.65 bits per heavy atom. The average molecular weight is 475 g/mol. The summed E-state index contributed by atoms with van der Waals surface area (Å²) < 4.78 is 53.1. The summed E-state index contributed by atoms with van der Waals surface area (Å²) in [6.45, 7) is 3.21. The van der Waals surface area contributed by atoms with Gasteiger partial charge in [0.05, 0.1) is 12.6 Å². The van der Waals surface area contributed by atoms with E-state index in [4.69, 9.17) is 9.47 Å². The fraction of sp³-hybridized carbons (Fsp3) is 0.375. The minimum absolute atomic E-state index is 0.0873. The van der Waals surface area contributed by atoms with Crippen LogP contribution in [0.5, 0.6) is 17.2 Å². The monoisotopic (exact) mass is 475 g/mol. The van der Waals surface area contributed by atoms with E-state index in [-0.39, 0.29) is 11.7 Å². The highest BCUT2D eigenvalue weighted by Crippen LogP contribution is 2.37. The molecule has 3 aromatic rings. The molecule has 1 saturated heterocycles. The summed E-state index contributed by atoms with van der Waals surface area (Å²) in [4.78, 5) is 18.3. The first-order valence-corrected chi connectivity index (χ1v) is 11.0. The van der Waals surface area contributed by atoms with Crippen molar-refractivity contribution in [3.8, 4) is 17.2 Å². The molecule has 2 N–H and O–H groups in total. The van der Waals surface area contributed by atoms with Crippen molar-refractivity contribution in [1.29, 1.82) is 0 Å². The Bertz CT molecular complexity index is 1250. The molecule has 10 heteroatoms. The number of H-pyrrole nitrogens is 1. The Hall–Kier alpha value is -3.40. The second-order valence-corrected chi connectivity index (χ2v) is 8.57. The number of hydrogen-bond acceptors (Lipinski definition) is 5. The number of aryl methyl sites for hydroxylation is 1. The summed E-state index contributed by atoms with van der Waals surface area (Å²) in [6.07, 6.45) is -3.66. The molecule has 7 nitrogen and oxygen atoms in total. The number of ether oxygens (including phenoxy) is 3. The summed E-state index contributed by atoms with van der Waals surface area (Å²) in [5, 5.41) is 4.25. The van der Waals surface area contributed by atoms with Gasteiger partial charge in [0.15, 0.2) is 5.72 Å². The number of carbonyl (C=O) groups excluding carboxylic acids is 1. The van der Waals surface area contributed by atoms with Crippen molar-refractivity contribution in [2.24, 2.45) is 0 Å². The third-order valence-electron chi connectivity index (χ3n) is 6.52. The Balaban J connectivity index is 1.29. The van der Waals surface area contributed by atoms with Crippen molar-refractivity contribution in [3.63, 3.8) is 0 Å². The van der Waals surface area contributed by atoms with Crippen LogP contribution in [0.1, 0.15) is 34.5 Å². The fourth-order valence-electron chi connectivity index (χ4n) is 4.71. The molecule has 0 bridgehead atoms. The van der Waals surface area contributed by atoms with Gasteiger partial charge < -0.3 is 24.1 Å². The average Bonchev–Trinajstić information content (AvgIpc) is 3.15. The predicted octanol–water partition coefficient (Wildman–Crippen LogP) is 4.50. The van der Waals surface area contributed by atoms with Gasteiger partial charge in [0, 0.05) is 43.4 Å². The third kappa shape index (κ3) is 4.02. The second kappa shape index (κ2) is 8.12. The van der Waals surface area contributed by atoms with Gasteiger partial charge in [0.25, 0.3) is 5.91 Å². The number of nitrogens with one attached hydrogen (secondary N) is 2. The van der Waals surface area contributed by atoms with E-state index in [0.717, 1.165) is 16.5 Å². The molecule has 0 aliphatic carbocycles. The maximum atomic E-state index is 13.3. The van der Waals surface area contributed by atoms with Crippen molar-refractivity contribution < 1.29 is 32.2 Å². The molecule has 3 heterocycles. The van der Waals surface area contributed by atoms with Gasteiger partial charge in [-0.25, -0.2) is 0 Å². The van der Waals surface area contributed by atoms with Gasteiger partial charge in [-0.05, 0) is 36.8 Å². The van der Waals surface area contributed by atoms with Crippen LogP contribution in [-0.4, -0.2) is 48.1 Å². The van der Waals surface area contributed by atoms with E-state index >= 15 is 0 Å². The first kappa shape index (κ1) is 22.4. The van der Waals surface area contributed by atoms with Gasteiger partial charge in [-0.15, -0.1) is 13.2 Å². The number of carbonyl (C=O) groups is 1. The van der Waals surface area contributed by atoms with E-state index in [1.807, 2.05) is 25.1 Å². The summed E-state index contributed by atoms with van der Waals surface area (Å²) >= 11 is 0. The van der Waals surface area contributed by atoms with Crippen molar-refractivity contribution >= 4 is 16.8 Å².